The van der Waals surface area contributed by atoms with Crippen molar-refractivity contribution in [2.45, 2.75) is 39.0 Å². The average molecular weight is 301 g/mol. The summed E-state index contributed by atoms with van der Waals surface area (Å²) in [6, 6.07) is 5.85. The normalized spacial score (nSPS) is 19.7. The quantitative estimate of drug-likeness (QED) is 0.922. The minimum atomic E-state index is -4.09. The van der Waals surface area contributed by atoms with Crippen LogP contribution in [0.25, 0.3) is 0 Å². The van der Waals surface area contributed by atoms with Crippen LogP contribution in [0.2, 0.25) is 0 Å². The minimum absolute atomic E-state index is 0.128. The summed E-state index contributed by atoms with van der Waals surface area (Å²) in [7, 11) is 0. The van der Waals surface area contributed by atoms with E-state index in [1.165, 1.54) is 0 Å². The van der Waals surface area contributed by atoms with Gasteiger partial charge in [-0.2, -0.15) is 13.2 Å². The molecule has 118 valence electrons. The van der Waals surface area contributed by atoms with E-state index >= 15 is 0 Å². The van der Waals surface area contributed by atoms with Gasteiger partial charge in [0.05, 0.1) is 12.0 Å². The molecule has 1 aromatic carbocycles. The lowest BCUT2D eigenvalue weighted by molar-refractivity contribution is -0.185. The number of piperidine rings is 1. The van der Waals surface area contributed by atoms with Gasteiger partial charge < -0.3 is 10.0 Å². The molecule has 1 aromatic rings. The Labute approximate surface area is 123 Å². The summed E-state index contributed by atoms with van der Waals surface area (Å²) in [4.78, 5) is 1.92. The van der Waals surface area contributed by atoms with E-state index < -0.39 is 18.2 Å². The average Bonchev–Trinajstić information content (AvgIpc) is 2.38. The van der Waals surface area contributed by atoms with Gasteiger partial charge in [0, 0.05) is 6.54 Å². The van der Waals surface area contributed by atoms with Crippen molar-refractivity contribution in [2.75, 3.05) is 19.6 Å². The van der Waals surface area contributed by atoms with Crippen LogP contribution in [0, 0.1) is 19.8 Å². The molecule has 2 nitrogen and oxygen atoms in total. The Morgan fingerprint density at radius 1 is 1.24 bits per heavy atom. The number of hydrogen-bond donors (Lipinski definition) is 1. The topological polar surface area (TPSA) is 23.5 Å². The predicted octanol–water partition coefficient (Wildman–Crippen LogP) is 3.61. The number of aliphatic hydroxyl groups is 1. The third-order valence-electron chi connectivity index (χ3n) is 4.27. The Morgan fingerprint density at radius 3 is 2.38 bits per heavy atom. The number of rotatable bonds is 3. The zero-order valence-electron chi connectivity index (χ0n) is 12.5. The maximum absolute atomic E-state index is 12.6. The highest BCUT2D eigenvalue weighted by Crippen LogP contribution is 2.34. The summed E-state index contributed by atoms with van der Waals surface area (Å²) in [6.07, 6.45) is -4.47. The molecule has 0 aliphatic carbocycles. The molecule has 0 bridgehead atoms. The number of aryl methyl sites for hydroxylation is 2. The molecule has 1 atom stereocenters. The zero-order valence-corrected chi connectivity index (χ0v) is 12.5. The van der Waals surface area contributed by atoms with Gasteiger partial charge in [-0.15, -0.1) is 0 Å². The second-order valence-electron chi connectivity index (χ2n) is 5.99. The van der Waals surface area contributed by atoms with Crippen LogP contribution in [-0.4, -0.2) is 35.8 Å². The van der Waals surface area contributed by atoms with E-state index in [2.05, 4.69) is 0 Å². The van der Waals surface area contributed by atoms with E-state index in [4.69, 9.17) is 0 Å². The maximum Gasteiger partial charge on any atom is 0.391 e. The second kappa shape index (κ2) is 6.36. The molecular formula is C16H22F3NO. The van der Waals surface area contributed by atoms with Crippen molar-refractivity contribution in [2.24, 2.45) is 5.92 Å². The number of aliphatic hydroxyl groups excluding tert-OH is 1. The SMILES string of the molecule is Cc1ccc(C(O)CN2CCC(C(F)(F)F)CC2)c(C)c1. The molecule has 0 saturated carbocycles. The summed E-state index contributed by atoms with van der Waals surface area (Å²) in [5.41, 5.74) is 3.01. The third kappa shape index (κ3) is 4.20. The molecule has 1 saturated heterocycles. The van der Waals surface area contributed by atoms with E-state index in [-0.39, 0.29) is 12.8 Å². The van der Waals surface area contributed by atoms with Gasteiger partial charge in [0.2, 0.25) is 0 Å². The first-order valence-electron chi connectivity index (χ1n) is 7.31. The van der Waals surface area contributed by atoms with E-state index in [1.807, 2.05) is 36.9 Å². The molecule has 0 aromatic heterocycles. The van der Waals surface area contributed by atoms with Crippen LogP contribution < -0.4 is 0 Å². The van der Waals surface area contributed by atoms with Gasteiger partial charge >= 0.3 is 6.18 Å². The third-order valence-corrected chi connectivity index (χ3v) is 4.27. The Morgan fingerprint density at radius 2 is 1.86 bits per heavy atom. The van der Waals surface area contributed by atoms with Crippen molar-refractivity contribution in [1.29, 1.82) is 0 Å². The van der Waals surface area contributed by atoms with Crippen molar-refractivity contribution in [3.05, 3.63) is 34.9 Å². The predicted molar refractivity (Wildman–Crippen MR) is 76.1 cm³/mol. The Hall–Kier alpha value is -1.07. The van der Waals surface area contributed by atoms with Gasteiger partial charge in [0.1, 0.15) is 0 Å². The lowest BCUT2D eigenvalue weighted by Crippen LogP contribution is -2.40. The van der Waals surface area contributed by atoms with Crippen LogP contribution in [0.4, 0.5) is 13.2 Å². The molecule has 2 rings (SSSR count). The first-order chi connectivity index (χ1) is 9.77. The molecule has 1 aliphatic heterocycles. The Balaban J connectivity index is 1.91. The Bertz CT molecular complexity index is 479. The van der Waals surface area contributed by atoms with Crippen LogP contribution in [-0.2, 0) is 0 Å². The van der Waals surface area contributed by atoms with Crippen LogP contribution in [0.15, 0.2) is 18.2 Å². The van der Waals surface area contributed by atoms with E-state index in [0.717, 1.165) is 16.7 Å². The zero-order chi connectivity index (χ0) is 15.6. The fourth-order valence-electron chi connectivity index (χ4n) is 2.99. The van der Waals surface area contributed by atoms with Crippen LogP contribution in [0.5, 0.6) is 0 Å². The molecule has 1 heterocycles. The fourth-order valence-corrected chi connectivity index (χ4v) is 2.99. The lowest BCUT2D eigenvalue weighted by atomic mass is 9.95. The van der Waals surface area contributed by atoms with Crippen molar-refractivity contribution in [3.63, 3.8) is 0 Å². The van der Waals surface area contributed by atoms with Crippen molar-refractivity contribution in [3.8, 4) is 0 Å². The van der Waals surface area contributed by atoms with Crippen LogP contribution >= 0.6 is 0 Å². The van der Waals surface area contributed by atoms with Gasteiger partial charge in [0.25, 0.3) is 0 Å². The summed E-state index contributed by atoms with van der Waals surface area (Å²) in [5, 5.41) is 10.3. The molecule has 0 radical (unpaired) electrons. The van der Waals surface area contributed by atoms with Crippen LogP contribution in [0.1, 0.15) is 35.6 Å². The number of β-amino-alcohol motifs (C(OH)–C–C–N with tert-alkyl or cyclic N) is 1. The number of benzene rings is 1. The molecule has 1 fully saturated rings. The van der Waals surface area contributed by atoms with Gasteiger partial charge in [-0.1, -0.05) is 23.8 Å². The fraction of sp³-hybridized carbons (Fsp3) is 0.625. The largest absolute Gasteiger partial charge is 0.391 e. The number of likely N-dealkylation sites (tertiary alicyclic amines) is 1. The summed E-state index contributed by atoms with van der Waals surface area (Å²) < 4.78 is 37.9. The summed E-state index contributed by atoms with van der Waals surface area (Å²) in [6.45, 7) is 5.12. The number of halogens is 3. The van der Waals surface area contributed by atoms with Gasteiger partial charge in [-0.3, -0.25) is 0 Å². The molecule has 21 heavy (non-hydrogen) atoms. The van der Waals surface area contributed by atoms with Gasteiger partial charge in [0.15, 0.2) is 0 Å². The second-order valence-corrected chi connectivity index (χ2v) is 5.99. The van der Waals surface area contributed by atoms with Crippen LogP contribution in [0.3, 0.4) is 0 Å². The first kappa shape index (κ1) is 16.3. The lowest BCUT2D eigenvalue weighted by Gasteiger charge is -2.34. The van der Waals surface area contributed by atoms with Gasteiger partial charge in [-0.05, 0) is 50.9 Å². The molecule has 0 amide bonds. The number of alkyl halides is 3. The summed E-state index contributed by atoms with van der Waals surface area (Å²) in [5.74, 6) is -1.19. The maximum atomic E-state index is 12.6. The van der Waals surface area contributed by atoms with E-state index in [1.54, 1.807) is 0 Å². The number of nitrogens with zero attached hydrogens (tertiary/aromatic N) is 1. The minimum Gasteiger partial charge on any atom is -0.387 e. The van der Waals surface area contributed by atoms with Crippen molar-refractivity contribution < 1.29 is 18.3 Å². The highest BCUT2D eigenvalue weighted by atomic mass is 19.4. The molecule has 1 unspecified atom stereocenters. The monoisotopic (exact) mass is 301 g/mol. The molecule has 0 spiro atoms. The van der Waals surface area contributed by atoms with E-state index in [0.29, 0.717) is 19.6 Å². The molecular weight excluding hydrogens is 279 g/mol. The molecule has 1 aliphatic rings. The smallest absolute Gasteiger partial charge is 0.387 e. The number of hydrogen-bond acceptors (Lipinski definition) is 2. The van der Waals surface area contributed by atoms with E-state index in [9.17, 15) is 18.3 Å². The van der Waals surface area contributed by atoms with Crippen molar-refractivity contribution >= 4 is 0 Å². The molecule has 5 heteroatoms. The van der Waals surface area contributed by atoms with Crippen molar-refractivity contribution in [1.82, 2.24) is 4.90 Å². The highest BCUT2D eigenvalue weighted by Gasteiger charge is 2.41. The Kier molecular flexibility index (Phi) is 4.94. The molecule has 1 N–H and O–H groups in total. The first-order valence-corrected chi connectivity index (χ1v) is 7.31. The standard InChI is InChI=1S/C16H22F3NO/c1-11-3-4-14(12(2)9-11)15(21)10-20-7-5-13(6-8-20)16(17,18)19/h3-4,9,13,15,21H,5-8,10H2,1-2H3. The highest BCUT2D eigenvalue weighted by molar-refractivity contribution is 5.32. The summed E-state index contributed by atoms with van der Waals surface area (Å²) >= 11 is 0. The van der Waals surface area contributed by atoms with Gasteiger partial charge in [-0.25, -0.2) is 0 Å².